The molecule has 0 fully saturated rings. The summed E-state index contributed by atoms with van der Waals surface area (Å²) in [4.78, 5) is 0. The molecule has 0 aliphatic carbocycles. The lowest BCUT2D eigenvalue weighted by Crippen LogP contribution is -2.16. The average Bonchev–Trinajstić information content (AvgIpc) is 4.16. The highest BCUT2D eigenvalue weighted by Gasteiger charge is 2.43. The van der Waals surface area contributed by atoms with Crippen LogP contribution in [-0.2, 0) is 12.4 Å². The largest absolute Gasteiger partial charge is 0.417 e. The van der Waals surface area contributed by atoms with E-state index in [0.29, 0.717) is 66.8 Å². The lowest BCUT2D eigenvalue weighted by atomic mass is 9.89. The summed E-state index contributed by atoms with van der Waals surface area (Å²) in [6.07, 6.45) is -10.6. The number of rotatable bonds is 5. The Balaban J connectivity index is 1.27. The molecule has 4 heterocycles. The van der Waals surface area contributed by atoms with Gasteiger partial charge in [0.2, 0.25) is 0 Å². The van der Waals surface area contributed by atoms with Crippen LogP contribution in [0.1, 0.15) is 16.7 Å². The minimum atomic E-state index is -5.28. The van der Waals surface area contributed by atoms with Crippen molar-refractivity contribution in [2.75, 3.05) is 0 Å². The molecule has 0 N–H and O–H groups in total. The lowest BCUT2D eigenvalue weighted by Gasteiger charge is -2.26. The third kappa shape index (κ3) is 6.12. The van der Waals surface area contributed by atoms with E-state index in [1.165, 1.54) is 12.1 Å². The van der Waals surface area contributed by atoms with Crippen LogP contribution in [0, 0.1) is 11.3 Å². The summed E-state index contributed by atoms with van der Waals surface area (Å²) in [7, 11) is 0. The first-order valence-corrected chi connectivity index (χ1v) is 23.9. The highest BCUT2D eigenvalue weighted by molar-refractivity contribution is 6.26. The number of hydrogen-bond acceptors (Lipinski definition) is 1. The first kappa shape index (κ1) is 43.3. The fourth-order valence-electron chi connectivity index (χ4n) is 11.8. The van der Waals surface area contributed by atoms with E-state index < -0.39 is 29.0 Å². The van der Waals surface area contributed by atoms with E-state index in [4.69, 9.17) is 0 Å². The summed E-state index contributed by atoms with van der Waals surface area (Å²) in [6, 6.07) is 65.2. The van der Waals surface area contributed by atoms with Crippen molar-refractivity contribution in [3.63, 3.8) is 0 Å². The van der Waals surface area contributed by atoms with Gasteiger partial charge in [0, 0.05) is 65.6 Å². The molecule has 10 aromatic carbocycles. The van der Waals surface area contributed by atoms with E-state index >= 15 is 26.3 Å². The standard InChI is InChI=1S/C63H35F6N5/c64-62(65,66)48-24-15-25-49(63(67,68)69)56(48)57-54(73-52-28-13-9-22-42(52)46-32-30-44-40-20-7-11-26-50(40)71(58(44)60(46)73)38-16-3-1-4-17-38)34-37(36-70)35-55(57)74-53-29-14-10-23-43(53)47-33-31-45-41-21-8-12-27-51(41)72(59(45)61(47)74)39-18-5-2-6-19-39/h1-35H. The molecule has 11 heteroatoms. The molecular weight excluding hydrogens is 941 g/mol. The Hall–Kier alpha value is -9.53. The molecular formula is C63H35F6N5. The van der Waals surface area contributed by atoms with Gasteiger partial charge >= 0.3 is 12.4 Å². The van der Waals surface area contributed by atoms with Gasteiger partial charge in [-0.05, 0) is 72.8 Å². The van der Waals surface area contributed by atoms with Gasteiger partial charge in [0.15, 0.2) is 0 Å². The van der Waals surface area contributed by atoms with Crippen molar-refractivity contribution < 1.29 is 26.3 Å². The van der Waals surface area contributed by atoms with Gasteiger partial charge in [0.1, 0.15) is 0 Å². The number of alkyl halides is 6. The first-order valence-electron chi connectivity index (χ1n) is 23.9. The zero-order chi connectivity index (χ0) is 50.2. The fourth-order valence-corrected chi connectivity index (χ4v) is 11.8. The van der Waals surface area contributed by atoms with Crippen LogP contribution in [0.3, 0.4) is 0 Å². The number of aromatic nitrogens is 4. The maximum absolute atomic E-state index is 16.1. The zero-order valence-corrected chi connectivity index (χ0v) is 38.7. The van der Waals surface area contributed by atoms with Gasteiger partial charge in [-0.15, -0.1) is 0 Å². The molecule has 14 rings (SSSR count). The molecule has 0 saturated heterocycles. The van der Waals surface area contributed by atoms with E-state index in [-0.39, 0.29) is 22.5 Å². The number of halogens is 6. The van der Waals surface area contributed by atoms with Gasteiger partial charge in [-0.1, -0.05) is 140 Å². The number of benzene rings is 10. The first-order chi connectivity index (χ1) is 36.0. The Morgan fingerprint density at radius 2 is 0.622 bits per heavy atom. The molecule has 0 atom stereocenters. The van der Waals surface area contributed by atoms with Crippen LogP contribution >= 0.6 is 0 Å². The van der Waals surface area contributed by atoms with E-state index in [1.54, 1.807) is 21.3 Å². The second kappa shape index (κ2) is 15.7. The Bertz CT molecular complexity index is 4410. The average molecular weight is 976 g/mol. The highest BCUT2D eigenvalue weighted by Crippen LogP contribution is 2.52. The summed E-state index contributed by atoms with van der Waals surface area (Å²) >= 11 is 0. The molecule has 0 aliphatic rings. The molecule has 4 aromatic heterocycles. The van der Waals surface area contributed by atoms with Gasteiger partial charge in [-0.2, -0.15) is 31.6 Å². The quantitative estimate of drug-likeness (QED) is 0.159. The molecule has 354 valence electrons. The van der Waals surface area contributed by atoms with Crippen molar-refractivity contribution in [1.82, 2.24) is 18.3 Å². The van der Waals surface area contributed by atoms with Crippen LogP contribution in [-0.4, -0.2) is 18.3 Å². The third-order valence-corrected chi connectivity index (χ3v) is 14.6. The highest BCUT2D eigenvalue weighted by atomic mass is 19.4. The molecule has 5 nitrogen and oxygen atoms in total. The molecule has 0 aliphatic heterocycles. The van der Waals surface area contributed by atoms with Crippen molar-refractivity contribution >= 4 is 87.2 Å². The summed E-state index contributed by atoms with van der Waals surface area (Å²) in [5.74, 6) is 0. The summed E-state index contributed by atoms with van der Waals surface area (Å²) in [5.41, 5.74) is 2.21. The predicted octanol–water partition coefficient (Wildman–Crippen LogP) is 17.7. The molecule has 0 saturated carbocycles. The molecule has 0 spiro atoms. The molecule has 0 radical (unpaired) electrons. The molecule has 14 aromatic rings. The van der Waals surface area contributed by atoms with Gasteiger partial charge in [-0.3, -0.25) is 0 Å². The van der Waals surface area contributed by atoms with Gasteiger partial charge in [0.05, 0.1) is 78.3 Å². The fraction of sp³-hybridized carbons (Fsp3) is 0.0317. The number of nitriles is 1. The minimum absolute atomic E-state index is 0.0141. The van der Waals surface area contributed by atoms with Crippen LogP contribution in [0.15, 0.2) is 212 Å². The maximum Gasteiger partial charge on any atom is 0.417 e. The lowest BCUT2D eigenvalue weighted by molar-refractivity contribution is -0.142. The second-order valence-electron chi connectivity index (χ2n) is 18.5. The van der Waals surface area contributed by atoms with Crippen LogP contribution in [0.4, 0.5) is 26.3 Å². The van der Waals surface area contributed by atoms with Gasteiger partial charge < -0.3 is 18.3 Å². The van der Waals surface area contributed by atoms with Crippen molar-refractivity contribution in [2.24, 2.45) is 0 Å². The monoisotopic (exact) mass is 975 g/mol. The predicted molar refractivity (Wildman–Crippen MR) is 284 cm³/mol. The molecule has 74 heavy (non-hydrogen) atoms. The number of para-hydroxylation sites is 6. The molecule has 0 amide bonds. The zero-order valence-electron chi connectivity index (χ0n) is 38.7. The number of fused-ring (bicyclic) bond motifs is 14. The van der Waals surface area contributed by atoms with Crippen LogP contribution in [0.5, 0.6) is 0 Å². The summed E-state index contributed by atoms with van der Waals surface area (Å²) in [6.45, 7) is 0. The van der Waals surface area contributed by atoms with Crippen LogP contribution in [0.25, 0.3) is 121 Å². The van der Waals surface area contributed by atoms with Crippen molar-refractivity contribution in [3.8, 4) is 39.9 Å². The summed E-state index contributed by atoms with van der Waals surface area (Å²) < 4.78 is 104. The van der Waals surface area contributed by atoms with Gasteiger partial charge in [-0.25, -0.2) is 0 Å². The Labute approximate surface area is 416 Å². The van der Waals surface area contributed by atoms with E-state index in [1.807, 2.05) is 170 Å². The van der Waals surface area contributed by atoms with E-state index in [2.05, 4.69) is 15.2 Å². The Morgan fingerprint density at radius 1 is 0.311 bits per heavy atom. The smallest absolute Gasteiger partial charge is 0.307 e. The van der Waals surface area contributed by atoms with E-state index in [0.717, 1.165) is 50.0 Å². The SMILES string of the molecule is N#Cc1cc(-n2c3ccccc3c3ccc4c5ccccc5n(-c5ccccc5)c4c32)c(-c2c(C(F)(F)F)cccc2C(F)(F)F)c(-n2c3ccccc3c3ccc4c5ccccc5n(-c5ccccc5)c4c32)c1. The van der Waals surface area contributed by atoms with Crippen LogP contribution in [0.2, 0.25) is 0 Å². The maximum atomic E-state index is 16.1. The normalized spacial score (nSPS) is 12.4. The Kier molecular flexibility index (Phi) is 9.20. The second-order valence-corrected chi connectivity index (χ2v) is 18.5. The number of hydrogen-bond donors (Lipinski definition) is 0. The molecule has 0 unspecified atom stereocenters. The third-order valence-electron chi connectivity index (χ3n) is 14.6. The van der Waals surface area contributed by atoms with Crippen molar-refractivity contribution in [2.45, 2.75) is 12.4 Å². The topological polar surface area (TPSA) is 43.5 Å². The van der Waals surface area contributed by atoms with Crippen molar-refractivity contribution in [3.05, 3.63) is 229 Å². The Morgan fingerprint density at radius 3 is 0.959 bits per heavy atom. The van der Waals surface area contributed by atoms with Gasteiger partial charge in [0.25, 0.3) is 0 Å². The van der Waals surface area contributed by atoms with Crippen molar-refractivity contribution in [1.29, 1.82) is 5.26 Å². The minimum Gasteiger partial charge on any atom is -0.307 e. The number of nitrogens with zero attached hydrogens (tertiary/aromatic N) is 5. The summed E-state index contributed by atoms with van der Waals surface area (Å²) in [5, 5.41) is 17.5. The van der Waals surface area contributed by atoms with E-state index in [9.17, 15) is 5.26 Å². The molecule has 0 bridgehead atoms. The van der Waals surface area contributed by atoms with Crippen LogP contribution < -0.4 is 0 Å².